The molecule has 1 fully saturated rings. The van der Waals surface area contributed by atoms with E-state index in [0.717, 1.165) is 34.6 Å². The molecular weight excluding hydrogens is 358 g/mol. The number of hydrogen-bond donors (Lipinski definition) is 1. The number of rotatable bonds is 3. The summed E-state index contributed by atoms with van der Waals surface area (Å²) in [7, 11) is 0. The molecule has 3 rings (SSSR count). The summed E-state index contributed by atoms with van der Waals surface area (Å²) >= 11 is 5.30. The zero-order valence-corrected chi connectivity index (χ0v) is 17.0. The van der Waals surface area contributed by atoms with Crippen molar-refractivity contribution in [2.45, 2.75) is 41.2 Å². The second kappa shape index (κ2) is 7.12. The van der Waals surface area contributed by atoms with E-state index >= 15 is 0 Å². The van der Waals surface area contributed by atoms with Crippen molar-refractivity contribution in [3.8, 4) is 0 Å². The molecule has 1 aliphatic rings. The Morgan fingerprint density at radius 1 is 1.15 bits per heavy atom. The van der Waals surface area contributed by atoms with E-state index in [4.69, 9.17) is 12.2 Å². The van der Waals surface area contributed by atoms with Gasteiger partial charge in [-0.3, -0.25) is 19.8 Å². The van der Waals surface area contributed by atoms with Crippen LogP contribution >= 0.6 is 12.2 Å². The first-order valence-electron chi connectivity index (χ1n) is 8.90. The Bertz CT molecular complexity index is 1000. The molecule has 1 aliphatic heterocycles. The summed E-state index contributed by atoms with van der Waals surface area (Å²) in [5, 5.41) is 2.76. The van der Waals surface area contributed by atoms with Gasteiger partial charge in [-0.25, -0.2) is 0 Å². The molecule has 2 amide bonds. The fourth-order valence-electron chi connectivity index (χ4n) is 3.47. The Hall–Kier alpha value is -2.73. The molecule has 2 aromatic rings. The molecule has 6 heteroatoms. The lowest BCUT2D eigenvalue weighted by molar-refractivity contribution is -0.122. The van der Waals surface area contributed by atoms with Gasteiger partial charge in [-0.2, -0.15) is 0 Å². The number of amides is 2. The Labute approximate surface area is 164 Å². The van der Waals surface area contributed by atoms with Crippen LogP contribution in [0.25, 0.3) is 6.08 Å². The Kier molecular flexibility index (Phi) is 5.02. The van der Waals surface area contributed by atoms with Crippen LogP contribution in [-0.4, -0.2) is 21.5 Å². The highest BCUT2D eigenvalue weighted by Crippen LogP contribution is 2.28. The van der Waals surface area contributed by atoms with Gasteiger partial charge in [-0.05, 0) is 81.7 Å². The fourth-order valence-corrected chi connectivity index (χ4v) is 3.74. The normalized spacial score (nSPS) is 16.3. The van der Waals surface area contributed by atoms with Gasteiger partial charge in [-0.1, -0.05) is 12.1 Å². The largest absolute Gasteiger partial charge is 0.349 e. The summed E-state index contributed by atoms with van der Waals surface area (Å²) in [5.41, 5.74) is 5.75. The van der Waals surface area contributed by atoms with Crippen molar-refractivity contribution in [3.05, 3.63) is 57.9 Å². The maximum absolute atomic E-state index is 13.2. The fraction of sp³-hybridized carbons (Fsp3) is 0.286. The van der Waals surface area contributed by atoms with E-state index in [2.05, 4.69) is 16.8 Å². The van der Waals surface area contributed by atoms with E-state index in [9.17, 15) is 9.59 Å². The van der Waals surface area contributed by atoms with E-state index in [0.29, 0.717) is 5.69 Å². The van der Waals surface area contributed by atoms with Crippen LogP contribution in [0.1, 0.15) is 35.0 Å². The standard InChI is InChI=1S/C21H23N3O2S/c1-6-23-13(3)10-16(15(23)5)11-17-19(25)22-21(27)24(20(17)26)18-9-7-8-12(2)14(18)4/h7-11H,6H2,1-5H3,(H,22,25,27)/b17-11+. The molecule has 0 unspecified atom stereocenters. The summed E-state index contributed by atoms with van der Waals surface area (Å²) in [6.07, 6.45) is 1.66. The van der Waals surface area contributed by atoms with Gasteiger partial charge in [0.05, 0.1) is 5.69 Å². The number of thiocarbonyl (C=S) groups is 1. The van der Waals surface area contributed by atoms with Crippen LogP contribution in [0.15, 0.2) is 29.8 Å². The number of carbonyl (C=O) groups excluding carboxylic acids is 2. The maximum Gasteiger partial charge on any atom is 0.270 e. The van der Waals surface area contributed by atoms with Crippen LogP contribution in [0.4, 0.5) is 5.69 Å². The highest BCUT2D eigenvalue weighted by molar-refractivity contribution is 7.80. The highest BCUT2D eigenvalue weighted by Gasteiger charge is 2.35. The van der Waals surface area contributed by atoms with E-state index in [1.165, 1.54) is 4.90 Å². The zero-order chi connectivity index (χ0) is 19.9. The molecule has 0 spiro atoms. The van der Waals surface area contributed by atoms with Crippen molar-refractivity contribution in [3.63, 3.8) is 0 Å². The first kappa shape index (κ1) is 19.0. The zero-order valence-electron chi connectivity index (χ0n) is 16.2. The lowest BCUT2D eigenvalue weighted by Gasteiger charge is -2.30. The van der Waals surface area contributed by atoms with Gasteiger partial charge in [0.1, 0.15) is 5.57 Å². The maximum atomic E-state index is 13.2. The van der Waals surface area contributed by atoms with Crippen molar-refractivity contribution in [2.24, 2.45) is 0 Å². The van der Waals surface area contributed by atoms with Crippen LogP contribution in [0.2, 0.25) is 0 Å². The smallest absolute Gasteiger partial charge is 0.270 e. The van der Waals surface area contributed by atoms with Gasteiger partial charge in [0, 0.05) is 17.9 Å². The third-order valence-corrected chi connectivity index (χ3v) is 5.43. The second-order valence-corrected chi connectivity index (χ2v) is 7.13. The Balaban J connectivity index is 2.09. The lowest BCUT2D eigenvalue weighted by atomic mass is 10.0. The number of carbonyl (C=O) groups is 2. The number of aryl methyl sites for hydroxylation is 2. The highest BCUT2D eigenvalue weighted by atomic mass is 32.1. The molecule has 1 saturated heterocycles. The van der Waals surface area contributed by atoms with Crippen LogP contribution in [0, 0.1) is 27.7 Å². The molecule has 2 heterocycles. The van der Waals surface area contributed by atoms with Crippen LogP contribution in [0.3, 0.4) is 0 Å². The first-order valence-corrected chi connectivity index (χ1v) is 9.31. The van der Waals surface area contributed by atoms with Gasteiger partial charge in [0.2, 0.25) is 0 Å². The lowest BCUT2D eigenvalue weighted by Crippen LogP contribution is -2.54. The van der Waals surface area contributed by atoms with Gasteiger partial charge >= 0.3 is 0 Å². The molecule has 140 valence electrons. The molecule has 5 nitrogen and oxygen atoms in total. The average molecular weight is 382 g/mol. The SMILES string of the molecule is CCn1c(C)cc(/C=C2\C(=O)NC(=S)N(c3cccc(C)c3C)C2=O)c1C. The van der Waals surface area contributed by atoms with Crippen molar-refractivity contribution in [2.75, 3.05) is 4.90 Å². The summed E-state index contributed by atoms with van der Waals surface area (Å²) in [5.74, 6) is -0.869. The Morgan fingerprint density at radius 3 is 2.48 bits per heavy atom. The number of benzene rings is 1. The topological polar surface area (TPSA) is 54.3 Å². The molecule has 1 aromatic carbocycles. The molecule has 27 heavy (non-hydrogen) atoms. The predicted molar refractivity (Wildman–Crippen MR) is 112 cm³/mol. The minimum Gasteiger partial charge on any atom is -0.349 e. The van der Waals surface area contributed by atoms with E-state index < -0.39 is 11.8 Å². The molecule has 0 saturated carbocycles. The molecular formula is C21H23N3O2S. The summed E-state index contributed by atoms with van der Waals surface area (Å²) < 4.78 is 2.14. The molecule has 0 bridgehead atoms. The summed E-state index contributed by atoms with van der Waals surface area (Å²) in [6, 6.07) is 7.68. The third-order valence-electron chi connectivity index (χ3n) is 5.15. The second-order valence-electron chi connectivity index (χ2n) is 6.75. The van der Waals surface area contributed by atoms with Crippen LogP contribution in [-0.2, 0) is 16.1 Å². The molecule has 0 aliphatic carbocycles. The average Bonchev–Trinajstić information content (AvgIpc) is 2.88. The van der Waals surface area contributed by atoms with E-state index in [1.807, 2.05) is 52.0 Å². The number of nitrogens with zero attached hydrogens (tertiary/aromatic N) is 2. The van der Waals surface area contributed by atoms with Gasteiger partial charge < -0.3 is 4.57 Å². The van der Waals surface area contributed by atoms with E-state index in [-0.39, 0.29) is 10.7 Å². The quantitative estimate of drug-likeness (QED) is 0.502. The number of nitrogens with one attached hydrogen (secondary N) is 1. The van der Waals surface area contributed by atoms with Crippen molar-refractivity contribution >= 4 is 40.9 Å². The van der Waals surface area contributed by atoms with Crippen LogP contribution < -0.4 is 10.2 Å². The summed E-state index contributed by atoms with van der Waals surface area (Å²) in [4.78, 5) is 27.1. The first-order chi connectivity index (χ1) is 12.8. The van der Waals surface area contributed by atoms with Crippen LogP contribution in [0.5, 0.6) is 0 Å². The minimum atomic E-state index is -0.465. The van der Waals surface area contributed by atoms with Crippen molar-refractivity contribution < 1.29 is 9.59 Å². The predicted octanol–water partition coefficient (Wildman–Crippen LogP) is 3.57. The molecule has 0 radical (unpaired) electrons. The number of hydrogen-bond acceptors (Lipinski definition) is 3. The van der Waals surface area contributed by atoms with E-state index in [1.54, 1.807) is 6.08 Å². The Morgan fingerprint density at radius 2 is 1.85 bits per heavy atom. The molecule has 0 atom stereocenters. The molecule has 1 N–H and O–H groups in total. The van der Waals surface area contributed by atoms with Gasteiger partial charge in [-0.15, -0.1) is 0 Å². The summed E-state index contributed by atoms with van der Waals surface area (Å²) in [6.45, 7) is 10.8. The third kappa shape index (κ3) is 3.21. The minimum absolute atomic E-state index is 0.0841. The number of aromatic nitrogens is 1. The molecule has 1 aromatic heterocycles. The monoisotopic (exact) mass is 381 g/mol. The van der Waals surface area contributed by atoms with Gasteiger partial charge in [0.15, 0.2) is 5.11 Å². The number of anilines is 1. The van der Waals surface area contributed by atoms with Crippen molar-refractivity contribution in [1.82, 2.24) is 9.88 Å². The van der Waals surface area contributed by atoms with Gasteiger partial charge in [0.25, 0.3) is 11.8 Å². The van der Waals surface area contributed by atoms with Crippen molar-refractivity contribution in [1.29, 1.82) is 0 Å².